The van der Waals surface area contributed by atoms with Crippen LogP contribution in [0.1, 0.15) is 11.1 Å². The first-order chi connectivity index (χ1) is 11.2. The van der Waals surface area contributed by atoms with Gasteiger partial charge in [-0.2, -0.15) is 0 Å². The lowest BCUT2D eigenvalue weighted by Gasteiger charge is -2.34. The van der Waals surface area contributed by atoms with Crippen molar-refractivity contribution >= 4 is 11.6 Å². The molecule has 1 aliphatic heterocycles. The number of nitrogens with two attached hydrogens (primary N) is 1. The molecule has 0 aliphatic carbocycles. The summed E-state index contributed by atoms with van der Waals surface area (Å²) in [5.74, 6) is 4.80. The molecule has 1 amide bonds. The Morgan fingerprint density at radius 3 is 2.74 bits per heavy atom. The van der Waals surface area contributed by atoms with Gasteiger partial charge in [-0.3, -0.25) is 14.5 Å². The van der Waals surface area contributed by atoms with E-state index in [1.165, 1.54) is 0 Å². The van der Waals surface area contributed by atoms with Crippen LogP contribution in [-0.2, 0) is 22.8 Å². The van der Waals surface area contributed by atoms with Gasteiger partial charge in [0.15, 0.2) is 0 Å². The molecule has 1 fully saturated rings. The zero-order valence-corrected chi connectivity index (χ0v) is 12.8. The summed E-state index contributed by atoms with van der Waals surface area (Å²) in [7, 11) is 0. The van der Waals surface area contributed by atoms with E-state index in [1.54, 1.807) is 17.0 Å². The first kappa shape index (κ1) is 17.2. The lowest BCUT2D eigenvalue weighted by atomic mass is 10.1. The van der Waals surface area contributed by atoms with E-state index in [4.69, 9.17) is 11.4 Å². The Balaban J connectivity index is 2.00. The molecule has 1 aromatic carbocycles. The van der Waals surface area contributed by atoms with Gasteiger partial charge in [0.25, 0.3) is 5.91 Å². The van der Waals surface area contributed by atoms with Crippen LogP contribution in [0, 0.1) is 0 Å². The third-order valence-electron chi connectivity index (χ3n) is 3.80. The van der Waals surface area contributed by atoms with Gasteiger partial charge < -0.3 is 10.0 Å². The summed E-state index contributed by atoms with van der Waals surface area (Å²) in [4.78, 5) is 22.8. The van der Waals surface area contributed by atoms with Gasteiger partial charge in [-0.05, 0) is 16.7 Å². The van der Waals surface area contributed by atoms with Crippen molar-refractivity contribution in [1.82, 2.24) is 9.80 Å². The number of aliphatic hydroxyl groups excluding tert-OH is 1. The van der Waals surface area contributed by atoms with Gasteiger partial charge in [-0.15, -0.1) is 0 Å². The molecule has 1 aromatic rings. The molecule has 0 saturated carbocycles. The molecule has 0 aromatic heterocycles. The molecule has 1 aliphatic rings. The van der Waals surface area contributed by atoms with Crippen molar-refractivity contribution in [3.8, 4) is 0 Å². The molecule has 124 valence electrons. The Labute approximate surface area is 133 Å². The van der Waals surface area contributed by atoms with Crippen molar-refractivity contribution in [3.05, 3.63) is 39.8 Å². The molecule has 23 heavy (non-hydrogen) atoms. The van der Waals surface area contributed by atoms with E-state index in [9.17, 15) is 9.90 Å². The zero-order chi connectivity index (χ0) is 16.7. The summed E-state index contributed by atoms with van der Waals surface area (Å²) in [5.41, 5.74) is 10.8. The molecule has 0 bridgehead atoms. The minimum Gasteiger partial charge on any atom is -0.392 e. The van der Waals surface area contributed by atoms with Crippen molar-refractivity contribution < 1.29 is 14.7 Å². The fourth-order valence-corrected chi connectivity index (χ4v) is 2.57. The van der Waals surface area contributed by atoms with Crippen LogP contribution in [-0.4, -0.2) is 53.6 Å². The largest absolute Gasteiger partial charge is 0.392 e. The first-order valence-corrected chi connectivity index (χ1v) is 7.27. The summed E-state index contributed by atoms with van der Waals surface area (Å²) in [6.45, 7) is 3.02. The molecule has 9 heteroatoms. The second-order valence-corrected chi connectivity index (χ2v) is 5.28. The molecule has 1 heterocycles. The van der Waals surface area contributed by atoms with Gasteiger partial charge in [0.05, 0.1) is 6.61 Å². The summed E-state index contributed by atoms with van der Waals surface area (Å²) in [6.07, 6.45) is 0. The molecule has 0 unspecified atom stereocenters. The highest BCUT2D eigenvalue weighted by Crippen LogP contribution is 2.23. The van der Waals surface area contributed by atoms with Crippen LogP contribution in [0.4, 0.5) is 5.69 Å². The predicted octanol–water partition coefficient (Wildman–Crippen LogP) is 0.655. The standard InChI is InChI=1S/C14H20N6O3/c15-18-17-13-2-1-11(9-21)7-12(13)8-19-3-5-20(6-4-19)14(22)10-23-16/h1-2,7,21H,3-6,8-10,16H2. The number of carbonyl (C=O) groups excluding carboxylic acids is 1. The SMILES string of the molecule is [N-]=[N+]=Nc1ccc(CO)cc1CN1CCN(C(=O)CON)CC1. The molecule has 9 nitrogen and oxygen atoms in total. The normalized spacial score (nSPS) is 15.3. The number of hydrogen-bond acceptors (Lipinski definition) is 6. The number of hydrogen-bond donors (Lipinski definition) is 2. The number of rotatable bonds is 6. The maximum atomic E-state index is 11.7. The predicted molar refractivity (Wildman–Crippen MR) is 83.2 cm³/mol. The molecule has 0 radical (unpaired) electrons. The summed E-state index contributed by atoms with van der Waals surface area (Å²) < 4.78 is 0. The van der Waals surface area contributed by atoms with Crippen LogP contribution >= 0.6 is 0 Å². The van der Waals surface area contributed by atoms with Gasteiger partial charge in [-0.25, -0.2) is 5.90 Å². The summed E-state index contributed by atoms with van der Waals surface area (Å²) >= 11 is 0. The van der Waals surface area contributed by atoms with Crippen LogP contribution in [0.2, 0.25) is 0 Å². The smallest absolute Gasteiger partial charge is 0.250 e. The van der Waals surface area contributed by atoms with E-state index < -0.39 is 0 Å². The quantitative estimate of drug-likeness (QED) is 0.344. The van der Waals surface area contributed by atoms with Crippen molar-refractivity contribution in [2.45, 2.75) is 13.2 Å². The van der Waals surface area contributed by atoms with Crippen LogP contribution in [0.5, 0.6) is 0 Å². The summed E-state index contributed by atoms with van der Waals surface area (Å²) in [5, 5.41) is 12.9. The highest BCUT2D eigenvalue weighted by atomic mass is 16.6. The molecule has 0 atom stereocenters. The van der Waals surface area contributed by atoms with E-state index in [-0.39, 0.29) is 19.1 Å². The Hall–Kier alpha value is -2.16. The number of aliphatic hydroxyl groups is 1. The van der Waals surface area contributed by atoms with Crippen LogP contribution < -0.4 is 5.90 Å². The average Bonchev–Trinajstić information content (AvgIpc) is 2.57. The van der Waals surface area contributed by atoms with E-state index in [2.05, 4.69) is 19.8 Å². The topological polar surface area (TPSA) is 128 Å². The number of piperazine rings is 1. The van der Waals surface area contributed by atoms with Gasteiger partial charge in [0.2, 0.25) is 0 Å². The minimum atomic E-state index is -0.121. The molecular weight excluding hydrogens is 300 g/mol. The minimum absolute atomic E-state index is 0.0646. The van der Waals surface area contributed by atoms with Gasteiger partial charge in [-0.1, -0.05) is 23.3 Å². The lowest BCUT2D eigenvalue weighted by Crippen LogP contribution is -2.49. The van der Waals surface area contributed by atoms with Crippen molar-refractivity contribution in [1.29, 1.82) is 0 Å². The molecule has 2 rings (SSSR count). The van der Waals surface area contributed by atoms with Crippen LogP contribution in [0.15, 0.2) is 23.3 Å². The molecule has 1 saturated heterocycles. The van der Waals surface area contributed by atoms with E-state index in [0.29, 0.717) is 38.4 Å². The average molecular weight is 320 g/mol. The molecule has 3 N–H and O–H groups in total. The maximum absolute atomic E-state index is 11.7. The number of nitrogens with zero attached hydrogens (tertiary/aromatic N) is 5. The Kier molecular flexibility index (Phi) is 6.33. The Bertz CT molecular complexity index is 594. The lowest BCUT2D eigenvalue weighted by molar-refractivity contribution is -0.138. The van der Waals surface area contributed by atoms with Crippen LogP contribution in [0.25, 0.3) is 10.4 Å². The maximum Gasteiger partial charge on any atom is 0.250 e. The first-order valence-electron chi connectivity index (χ1n) is 7.27. The third kappa shape index (κ3) is 4.65. The van der Waals surface area contributed by atoms with Gasteiger partial charge in [0, 0.05) is 43.3 Å². The van der Waals surface area contributed by atoms with Crippen molar-refractivity contribution in [3.63, 3.8) is 0 Å². The zero-order valence-electron chi connectivity index (χ0n) is 12.8. The molecule has 0 spiro atoms. The van der Waals surface area contributed by atoms with Crippen LogP contribution in [0.3, 0.4) is 0 Å². The van der Waals surface area contributed by atoms with E-state index in [0.717, 1.165) is 11.1 Å². The fourth-order valence-electron chi connectivity index (χ4n) is 2.57. The second kappa shape index (κ2) is 8.47. The van der Waals surface area contributed by atoms with Gasteiger partial charge in [0.1, 0.15) is 6.61 Å². The Morgan fingerprint density at radius 1 is 1.39 bits per heavy atom. The Morgan fingerprint density at radius 2 is 2.13 bits per heavy atom. The number of azide groups is 1. The third-order valence-corrected chi connectivity index (χ3v) is 3.80. The van der Waals surface area contributed by atoms with E-state index in [1.807, 2.05) is 6.07 Å². The number of carbonyl (C=O) groups is 1. The summed E-state index contributed by atoms with van der Waals surface area (Å²) in [6, 6.07) is 5.28. The molecular formula is C14H20N6O3. The van der Waals surface area contributed by atoms with Crippen molar-refractivity contribution in [2.24, 2.45) is 11.0 Å². The van der Waals surface area contributed by atoms with E-state index >= 15 is 0 Å². The number of amides is 1. The monoisotopic (exact) mass is 320 g/mol. The number of benzene rings is 1. The highest BCUT2D eigenvalue weighted by Gasteiger charge is 2.21. The fraction of sp³-hybridized carbons (Fsp3) is 0.500. The second-order valence-electron chi connectivity index (χ2n) is 5.28. The van der Waals surface area contributed by atoms with Crippen molar-refractivity contribution in [2.75, 3.05) is 32.8 Å². The van der Waals surface area contributed by atoms with Gasteiger partial charge >= 0.3 is 0 Å². The highest BCUT2D eigenvalue weighted by molar-refractivity contribution is 5.77.